The Morgan fingerprint density at radius 1 is 1.20 bits per heavy atom. The maximum absolute atomic E-state index is 11.7. The number of nitrogens with zero attached hydrogens (tertiary/aromatic N) is 1. The van der Waals surface area contributed by atoms with Crippen LogP contribution in [0.5, 0.6) is 0 Å². The standard InChI is InChI=1S/C15H19N3OS/c16-9-3-1-2-4-14(19)18-13-7-5-12(6-8-13)15-17-10-11-20-15/h5-8,10-11H,1-4,9,16H2,(H,18,19). The third-order valence-electron chi connectivity index (χ3n) is 2.96. The molecule has 0 unspecified atom stereocenters. The number of nitrogens with one attached hydrogen (secondary N) is 1. The number of hydrogen-bond donors (Lipinski definition) is 2. The Morgan fingerprint density at radius 2 is 2.00 bits per heavy atom. The first-order chi connectivity index (χ1) is 9.79. The highest BCUT2D eigenvalue weighted by Gasteiger charge is 2.04. The summed E-state index contributed by atoms with van der Waals surface area (Å²) in [7, 11) is 0. The molecule has 1 aromatic heterocycles. The molecule has 1 aromatic carbocycles. The van der Waals surface area contributed by atoms with E-state index in [0.29, 0.717) is 13.0 Å². The summed E-state index contributed by atoms with van der Waals surface area (Å²) >= 11 is 1.60. The smallest absolute Gasteiger partial charge is 0.224 e. The van der Waals surface area contributed by atoms with Crippen LogP contribution in [-0.4, -0.2) is 17.4 Å². The van der Waals surface area contributed by atoms with Crippen molar-refractivity contribution < 1.29 is 4.79 Å². The molecule has 0 bridgehead atoms. The molecule has 0 saturated carbocycles. The molecular formula is C15H19N3OS. The van der Waals surface area contributed by atoms with E-state index in [9.17, 15) is 4.79 Å². The zero-order chi connectivity index (χ0) is 14.2. The summed E-state index contributed by atoms with van der Waals surface area (Å²) in [5.74, 6) is 0.0593. The molecule has 0 aliphatic heterocycles. The van der Waals surface area contributed by atoms with E-state index in [-0.39, 0.29) is 5.91 Å². The van der Waals surface area contributed by atoms with Gasteiger partial charge in [0.15, 0.2) is 0 Å². The van der Waals surface area contributed by atoms with Crippen molar-refractivity contribution in [2.75, 3.05) is 11.9 Å². The van der Waals surface area contributed by atoms with Crippen molar-refractivity contribution >= 4 is 22.9 Å². The Morgan fingerprint density at radius 3 is 2.65 bits per heavy atom. The minimum absolute atomic E-state index is 0.0593. The second-order valence-corrected chi connectivity index (χ2v) is 5.46. The van der Waals surface area contributed by atoms with Crippen molar-refractivity contribution in [1.29, 1.82) is 0 Å². The average Bonchev–Trinajstić information content (AvgIpc) is 2.99. The van der Waals surface area contributed by atoms with E-state index in [4.69, 9.17) is 5.73 Å². The number of thiazole rings is 1. The van der Waals surface area contributed by atoms with Gasteiger partial charge < -0.3 is 11.1 Å². The topological polar surface area (TPSA) is 68.0 Å². The van der Waals surface area contributed by atoms with Crippen LogP contribution >= 0.6 is 11.3 Å². The van der Waals surface area contributed by atoms with Gasteiger partial charge in [0.1, 0.15) is 5.01 Å². The molecule has 0 atom stereocenters. The Bertz CT molecular complexity index is 523. The van der Waals surface area contributed by atoms with Crippen molar-refractivity contribution in [1.82, 2.24) is 4.98 Å². The van der Waals surface area contributed by atoms with Gasteiger partial charge in [-0.05, 0) is 43.7 Å². The van der Waals surface area contributed by atoms with Crippen LogP contribution < -0.4 is 11.1 Å². The van der Waals surface area contributed by atoms with Gasteiger partial charge in [0, 0.05) is 29.2 Å². The van der Waals surface area contributed by atoms with Crippen LogP contribution in [0, 0.1) is 0 Å². The lowest BCUT2D eigenvalue weighted by Gasteiger charge is -2.05. The van der Waals surface area contributed by atoms with Crippen LogP contribution in [-0.2, 0) is 4.79 Å². The molecule has 2 rings (SSSR count). The predicted octanol–water partition coefficient (Wildman–Crippen LogP) is 3.27. The molecule has 0 aliphatic carbocycles. The zero-order valence-electron chi connectivity index (χ0n) is 11.3. The SMILES string of the molecule is NCCCCCC(=O)Nc1ccc(-c2nccs2)cc1. The van der Waals surface area contributed by atoms with Crippen LogP contribution in [0.15, 0.2) is 35.8 Å². The third-order valence-corrected chi connectivity index (χ3v) is 3.78. The molecule has 20 heavy (non-hydrogen) atoms. The van der Waals surface area contributed by atoms with Crippen molar-refractivity contribution in [3.8, 4) is 10.6 Å². The molecule has 0 aliphatic rings. The average molecular weight is 289 g/mol. The van der Waals surface area contributed by atoms with Crippen LogP contribution in [0.3, 0.4) is 0 Å². The number of amides is 1. The highest BCUT2D eigenvalue weighted by Crippen LogP contribution is 2.23. The molecule has 0 fully saturated rings. The predicted molar refractivity (Wildman–Crippen MR) is 83.7 cm³/mol. The molecule has 0 saturated heterocycles. The van der Waals surface area contributed by atoms with Gasteiger partial charge in [0.2, 0.25) is 5.91 Å². The summed E-state index contributed by atoms with van der Waals surface area (Å²) < 4.78 is 0. The van der Waals surface area contributed by atoms with Gasteiger partial charge >= 0.3 is 0 Å². The summed E-state index contributed by atoms with van der Waals surface area (Å²) in [5.41, 5.74) is 7.32. The van der Waals surface area contributed by atoms with E-state index in [1.54, 1.807) is 17.5 Å². The van der Waals surface area contributed by atoms with Gasteiger partial charge in [0.25, 0.3) is 0 Å². The molecule has 106 valence electrons. The Balaban J connectivity index is 1.83. The lowest BCUT2D eigenvalue weighted by molar-refractivity contribution is -0.116. The van der Waals surface area contributed by atoms with Crippen LogP contribution in [0.1, 0.15) is 25.7 Å². The maximum Gasteiger partial charge on any atom is 0.224 e. The molecule has 1 amide bonds. The minimum atomic E-state index is 0.0593. The fourth-order valence-electron chi connectivity index (χ4n) is 1.89. The molecule has 2 aromatic rings. The lowest BCUT2D eigenvalue weighted by atomic mass is 10.1. The van der Waals surface area contributed by atoms with Gasteiger partial charge in [-0.3, -0.25) is 4.79 Å². The molecule has 1 heterocycles. The fourth-order valence-corrected chi connectivity index (χ4v) is 2.54. The number of benzene rings is 1. The van der Waals surface area contributed by atoms with Gasteiger partial charge in [-0.25, -0.2) is 4.98 Å². The number of unbranched alkanes of at least 4 members (excludes halogenated alkanes) is 2. The fraction of sp³-hybridized carbons (Fsp3) is 0.333. The minimum Gasteiger partial charge on any atom is -0.330 e. The van der Waals surface area contributed by atoms with Crippen molar-refractivity contribution in [3.63, 3.8) is 0 Å². The Hall–Kier alpha value is -1.72. The molecule has 3 N–H and O–H groups in total. The summed E-state index contributed by atoms with van der Waals surface area (Å²) in [6.07, 6.45) is 5.22. The number of hydrogen-bond acceptors (Lipinski definition) is 4. The van der Waals surface area contributed by atoms with Gasteiger partial charge in [-0.2, -0.15) is 0 Å². The van der Waals surface area contributed by atoms with Crippen LogP contribution in [0.4, 0.5) is 5.69 Å². The molecule has 4 nitrogen and oxygen atoms in total. The quantitative estimate of drug-likeness (QED) is 0.769. The first-order valence-corrected chi connectivity index (χ1v) is 7.67. The van der Waals surface area contributed by atoms with E-state index >= 15 is 0 Å². The molecule has 5 heteroatoms. The van der Waals surface area contributed by atoms with E-state index in [2.05, 4.69) is 10.3 Å². The third kappa shape index (κ3) is 4.43. The summed E-state index contributed by atoms with van der Waals surface area (Å²) in [6, 6.07) is 7.77. The summed E-state index contributed by atoms with van der Waals surface area (Å²) in [4.78, 5) is 16.0. The Labute approximate surface area is 123 Å². The first-order valence-electron chi connectivity index (χ1n) is 6.79. The number of carbonyl (C=O) groups excluding carboxylic acids is 1. The number of rotatable bonds is 7. The van der Waals surface area contributed by atoms with Crippen molar-refractivity contribution in [2.24, 2.45) is 5.73 Å². The number of nitrogens with two attached hydrogens (primary N) is 1. The molecular weight excluding hydrogens is 270 g/mol. The zero-order valence-corrected chi connectivity index (χ0v) is 12.2. The monoisotopic (exact) mass is 289 g/mol. The van der Waals surface area contributed by atoms with Crippen LogP contribution in [0.2, 0.25) is 0 Å². The number of carbonyl (C=O) groups is 1. The lowest BCUT2D eigenvalue weighted by Crippen LogP contribution is -2.11. The maximum atomic E-state index is 11.7. The van der Waals surface area contributed by atoms with Gasteiger partial charge in [-0.15, -0.1) is 11.3 Å². The van der Waals surface area contributed by atoms with Crippen molar-refractivity contribution in [3.05, 3.63) is 35.8 Å². The molecule has 0 radical (unpaired) electrons. The van der Waals surface area contributed by atoms with Crippen LogP contribution in [0.25, 0.3) is 10.6 Å². The molecule has 0 spiro atoms. The van der Waals surface area contributed by atoms with Crippen molar-refractivity contribution in [2.45, 2.75) is 25.7 Å². The highest BCUT2D eigenvalue weighted by atomic mass is 32.1. The number of anilines is 1. The van der Waals surface area contributed by atoms with E-state index < -0.39 is 0 Å². The normalized spacial score (nSPS) is 10.4. The highest BCUT2D eigenvalue weighted by molar-refractivity contribution is 7.13. The first kappa shape index (κ1) is 14.7. The Kier molecular flexibility index (Phi) is 5.70. The van der Waals surface area contributed by atoms with E-state index in [1.807, 2.05) is 29.6 Å². The second kappa shape index (κ2) is 7.77. The summed E-state index contributed by atoms with van der Waals surface area (Å²) in [6.45, 7) is 0.694. The second-order valence-electron chi connectivity index (χ2n) is 4.56. The summed E-state index contributed by atoms with van der Waals surface area (Å²) in [5, 5.41) is 5.85. The van der Waals surface area contributed by atoms with Gasteiger partial charge in [-0.1, -0.05) is 6.42 Å². The van der Waals surface area contributed by atoms with E-state index in [1.165, 1.54) is 0 Å². The van der Waals surface area contributed by atoms with E-state index in [0.717, 1.165) is 35.5 Å². The van der Waals surface area contributed by atoms with Gasteiger partial charge in [0.05, 0.1) is 0 Å². The number of aromatic nitrogens is 1. The largest absolute Gasteiger partial charge is 0.330 e.